The van der Waals surface area contributed by atoms with Crippen LogP contribution in [-0.2, 0) is 17.9 Å². The maximum Gasteiger partial charge on any atom is 0.236 e. The van der Waals surface area contributed by atoms with Crippen LogP contribution in [0.15, 0.2) is 35.3 Å². The molecule has 0 bridgehead atoms. The smallest absolute Gasteiger partial charge is 0.236 e. The maximum atomic E-state index is 12.4. The first kappa shape index (κ1) is 15.2. The summed E-state index contributed by atoms with van der Waals surface area (Å²) in [5.74, 6) is 0.193. The van der Waals surface area contributed by atoms with Crippen LogP contribution in [-0.4, -0.2) is 51.7 Å². The van der Waals surface area contributed by atoms with Crippen molar-refractivity contribution in [1.29, 1.82) is 0 Å². The van der Waals surface area contributed by atoms with Crippen LogP contribution in [0.25, 0.3) is 0 Å². The minimum Gasteiger partial charge on any atom is -0.340 e. The van der Waals surface area contributed by atoms with Crippen molar-refractivity contribution in [3.63, 3.8) is 0 Å². The Morgan fingerprint density at radius 3 is 3.18 bits per heavy atom. The summed E-state index contributed by atoms with van der Waals surface area (Å²) in [6, 6.07) is 4.43. The summed E-state index contributed by atoms with van der Waals surface area (Å²) in [5, 5.41) is 8.42. The van der Waals surface area contributed by atoms with Gasteiger partial charge in [-0.3, -0.25) is 14.4 Å². The fraction of sp³-hybridized carbons (Fsp3) is 0.500. The Morgan fingerprint density at radius 1 is 1.55 bits per heavy atom. The van der Waals surface area contributed by atoms with Gasteiger partial charge in [-0.15, -0.1) is 0 Å². The number of thiophene rings is 1. The van der Waals surface area contributed by atoms with Crippen LogP contribution in [0.1, 0.15) is 18.4 Å². The molecule has 2 aromatic heterocycles. The SMILES string of the molecule is CN(Cc1ccsc1)C(=O)CN1CCC[C@@H]1Cn1cccn1. The van der Waals surface area contributed by atoms with Gasteiger partial charge in [0.25, 0.3) is 0 Å². The standard InChI is InChI=1S/C16H22N4OS/c1-18(10-14-5-9-22-13-14)16(21)12-19-7-2-4-15(19)11-20-8-3-6-17-20/h3,5-6,8-9,13,15H,2,4,7,10-12H2,1H3/t15-/m1/s1. The molecule has 1 saturated heterocycles. The molecule has 3 heterocycles. The average molecular weight is 318 g/mol. The second kappa shape index (κ2) is 7.07. The lowest BCUT2D eigenvalue weighted by Crippen LogP contribution is -2.41. The van der Waals surface area contributed by atoms with Crippen LogP contribution in [0, 0.1) is 0 Å². The number of rotatable bonds is 6. The van der Waals surface area contributed by atoms with Gasteiger partial charge < -0.3 is 4.90 Å². The predicted molar refractivity (Wildman–Crippen MR) is 87.6 cm³/mol. The highest BCUT2D eigenvalue weighted by atomic mass is 32.1. The Morgan fingerprint density at radius 2 is 2.45 bits per heavy atom. The van der Waals surface area contributed by atoms with Crippen LogP contribution in [0.2, 0.25) is 0 Å². The Hall–Kier alpha value is -1.66. The molecule has 118 valence electrons. The molecular weight excluding hydrogens is 296 g/mol. The van der Waals surface area contributed by atoms with Crippen molar-refractivity contribution in [2.24, 2.45) is 0 Å². The number of nitrogens with zero attached hydrogens (tertiary/aromatic N) is 4. The highest BCUT2D eigenvalue weighted by Crippen LogP contribution is 2.19. The van der Waals surface area contributed by atoms with Gasteiger partial charge in [0.2, 0.25) is 5.91 Å². The van der Waals surface area contributed by atoms with Gasteiger partial charge in [-0.1, -0.05) is 0 Å². The maximum absolute atomic E-state index is 12.4. The molecule has 0 unspecified atom stereocenters. The summed E-state index contributed by atoms with van der Waals surface area (Å²) in [6.45, 7) is 3.07. The fourth-order valence-corrected chi connectivity index (χ4v) is 3.63. The van der Waals surface area contributed by atoms with E-state index in [9.17, 15) is 4.79 Å². The zero-order valence-corrected chi connectivity index (χ0v) is 13.7. The topological polar surface area (TPSA) is 41.4 Å². The van der Waals surface area contributed by atoms with Crippen molar-refractivity contribution in [2.45, 2.75) is 32.0 Å². The molecule has 3 rings (SSSR count). The molecule has 0 saturated carbocycles. The number of carbonyl (C=O) groups is 1. The van der Waals surface area contributed by atoms with Crippen LogP contribution < -0.4 is 0 Å². The number of amides is 1. The quantitative estimate of drug-likeness (QED) is 0.819. The second-order valence-corrected chi connectivity index (χ2v) is 6.66. The van der Waals surface area contributed by atoms with Crippen molar-refractivity contribution in [3.05, 3.63) is 40.8 Å². The van der Waals surface area contributed by atoms with Crippen LogP contribution in [0.4, 0.5) is 0 Å². The molecule has 6 heteroatoms. The predicted octanol–water partition coefficient (Wildman–Crippen LogP) is 2.07. The lowest BCUT2D eigenvalue weighted by Gasteiger charge is -2.26. The van der Waals surface area contributed by atoms with Gasteiger partial charge in [0.05, 0.1) is 13.1 Å². The lowest BCUT2D eigenvalue weighted by molar-refractivity contribution is -0.131. The van der Waals surface area contributed by atoms with Gasteiger partial charge in [-0.05, 0) is 47.8 Å². The normalized spacial score (nSPS) is 18.7. The van der Waals surface area contributed by atoms with E-state index in [2.05, 4.69) is 21.4 Å². The molecule has 0 N–H and O–H groups in total. The van der Waals surface area contributed by atoms with Crippen LogP contribution in [0.3, 0.4) is 0 Å². The van der Waals surface area contributed by atoms with Gasteiger partial charge in [0.15, 0.2) is 0 Å². The molecule has 22 heavy (non-hydrogen) atoms. The number of hydrogen-bond acceptors (Lipinski definition) is 4. The van der Waals surface area contributed by atoms with Gasteiger partial charge in [-0.2, -0.15) is 16.4 Å². The number of carbonyl (C=O) groups excluding carboxylic acids is 1. The van der Waals surface area contributed by atoms with Gasteiger partial charge >= 0.3 is 0 Å². The van der Waals surface area contributed by atoms with E-state index in [1.807, 2.05) is 34.3 Å². The van der Waals surface area contributed by atoms with Gasteiger partial charge in [-0.25, -0.2) is 0 Å². The average Bonchev–Trinajstić information content (AvgIpc) is 3.23. The molecule has 1 aliphatic heterocycles. The molecule has 0 radical (unpaired) electrons. The summed E-state index contributed by atoms with van der Waals surface area (Å²) in [6.07, 6.45) is 6.09. The molecular formula is C16H22N4OS. The largest absolute Gasteiger partial charge is 0.340 e. The van der Waals surface area contributed by atoms with E-state index < -0.39 is 0 Å². The third-order valence-electron chi connectivity index (χ3n) is 4.22. The van der Waals surface area contributed by atoms with E-state index in [1.54, 1.807) is 17.5 Å². The van der Waals surface area contributed by atoms with Gasteiger partial charge in [0.1, 0.15) is 0 Å². The monoisotopic (exact) mass is 318 g/mol. The summed E-state index contributed by atoms with van der Waals surface area (Å²) in [7, 11) is 1.89. The summed E-state index contributed by atoms with van der Waals surface area (Å²) in [4.78, 5) is 16.6. The number of likely N-dealkylation sites (N-methyl/N-ethyl adjacent to an activating group) is 1. The van der Waals surface area contributed by atoms with Crippen molar-refractivity contribution in [1.82, 2.24) is 19.6 Å². The molecule has 2 aromatic rings. The summed E-state index contributed by atoms with van der Waals surface area (Å²) >= 11 is 1.67. The summed E-state index contributed by atoms with van der Waals surface area (Å²) < 4.78 is 1.96. The number of hydrogen-bond donors (Lipinski definition) is 0. The van der Waals surface area contributed by atoms with Crippen LogP contribution in [0.5, 0.6) is 0 Å². The highest BCUT2D eigenvalue weighted by Gasteiger charge is 2.27. The molecule has 0 aromatic carbocycles. The van der Waals surface area contributed by atoms with Crippen molar-refractivity contribution in [2.75, 3.05) is 20.1 Å². The third kappa shape index (κ3) is 3.75. The molecule has 0 aliphatic carbocycles. The number of likely N-dealkylation sites (tertiary alicyclic amines) is 1. The van der Waals surface area contributed by atoms with Crippen molar-refractivity contribution < 1.29 is 4.79 Å². The lowest BCUT2D eigenvalue weighted by atomic mass is 10.2. The first-order chi connectivity index (χ1) is 10.7. The van der Waals surface area contributed by atoms with Crippen molar-refractivity contribution >= 4 is 17.2 Å². The van der Waals surface area contributed by atoms with E-state index in [0.29, 0.717) is 19.1 Å². The molecule has 0 spiro atoms. The first-order valence-electron chi connectivity index (χ1n) is 7.69. The molecule has 1 atom stereocenters. The Balaban J connectivity index is 1.53. The fourth-order valence-electron chi connectivity index (χ4n) is 2.97. The first-order valence-corrected chi connectivity index (χ1v) is 8.63. The third-order valence-corrected chi connectivity index (χ3v) is 4.95. The zero-order valence-electron chi connectivity index (χ0n) is 12.9. The van der Waals surface area contributed by atoms with E-state index in [1.165, 1.54) is 5.56 Å². The van der Waals surface area contributed by atoms with E-state index in [-0.39, 0.29) is 5.91 Å². The highest BCUT2D eigenvalue weighted by molar-refractivity contribution is 7.07. The Kier molecular flexibility index (Phi) is 4.90. The molecule has 1 fully saturated rings. The minimum atomic E-state index is 0.193. The molecule has 5 nitrogen and oxygen atoms in total. The van der Waals surface area contributed by atoms with E-state index in [0.717, 1.165) is 25.9 Å². The zero-order chi connectivity index (χ0) is 15.4. The summed E-state index contributed by atoms with van der Waals surface area (Å²) in [5.41, 5.74) is 1.20. The molecule has 1 amide bonds. The Labute approximate surface area is 135 Å². The molecule has 1 aliphatic rings. The van der Waals surface area contributed by atoms with E-state index in [4.69, 9.17) is 0 Å². The second-order valence-electron chi connectivity index (χ2n) is 5.88. The Bertz CT molecular complexity index is 581. The van der Waals surface area contributed by atoms with Crippen molar-refractivity contribution in [3.8, 4) is 0 Å². The van der Waals surface area contributed by atoms with Gasteiger partial charge in [0, 0.05) is 32.0 Å². The van der Waals surface area contributed by atoms with E-state index >= 15 is 0 Å². The number of aromatic nitrogens is 2. The minimum absolute atomic E-state index is 0.193. The van der Waals surface area contributed by atoms with Crippen LogP contribution >= 0.6 is 11.3 Å².